The summed E-state index contributed by atoms with van der Waals surface area (Å²) in [6, 6.07) is 10.4. The Morgan fingerprint density at radius 2 is 1.57 bits per heavy atom. The molecule has 0 fully saturated rings. The van der Waals surface area contributed by atoms with Crippen LogP contribution in [0.25, 0.3) is 0 Å². The van der Waals surface area contributed by atoms with Gasteiger partial charge in [-0.2, -0.15) is 0 Å². The van der Waals surface area contributed by atoms with Gasteiger partial charge < -0.3 is 14.2 Å². The number of hydrogen-bond donors (Lipinski definition) is 0. The summed E-state index contributed by atoms with van der Waals surface area (Å²) in [7, 11) is 1.66. The van der Waals surface area contributed by atoms with Crippen molar-refractivity contribution >= 4 is 11.6 Å². The van der Waals surface area contributed by atoms with Gasteiger partial charge in [-0.25, -0.2) is 0 Å². The van der Waals surface area contributed by atoms with Crippen LogP contribution < -0.4 is 0 Å². The average Bonchev–Trinajstić information content (AvgIpc) is 2.51. The van der Waals surface area contributed by atoms with E-state index < -0.39 is 0 Å². The van der Waals surface area contributed by atoms with Crippen LogP contribution in [0.3, 0.4) is 0 Å². The lowest BCUT2D eigenvalue weighted by Gasteiger charge is -2.21. The highest BCUT2D eigenvalue weighted by atomic mass is 35.5. The molecule has 0 heterocycles. The Bertz CT molecular complexity index is 338. The molecule has 0 N–H and O–H groups in total. The molecule has 4 nitrogen and oxygen atoms in total. The number of ether oxygens (including phenoxy) is 3. The van der Waals surface area contributed by atoms with Gasteiger partial charge in [-0.3, -0.25) is 4.90 Å². The predicted octanol–water partition coefficient (Wildman–Crippen LogP) is 2.41. The van der Waals surface area contributed by atoms with E-state index in [1.54, 1.807) is 7.11 Å². The quantitative estimate of drug-likeness (QED) is 0.413. The van der Waals surface area contributed by atoms with Crippen LogP contribution in [0, 0.1) is 0 Å². The van der Waals surface area contributed by atoms with E-state index in [0.717, 1.165) is 19.6 Å². The van der Waals surface area contributed by atoms with Gasteiger partial charge in [0, 0.05) is 32.6 Å². The minimum atomic E-state index is 0.609. The van der Waals surface area contributed by atoms with Crippen molar-refractivity contribution in [2.24, 2.45) is 0 Å². The summed E-state index contributed by atoms with van der Waals surface area (Å²) in [5, 5.41) is 0. The van der Waals surface area contributed by atoms with Crippen molar-refractivity contribution in [2.45, 2.75) is 6.54 Å². The van der Waals surface area contributed by atoms with Crippen LogP contribution in [0.1, 0.15) is 5.56 Å². The third-order valence-electron chi connectivity index (χ3n) is 3.01. The Balaban J connectivity index is 2.11. The zero-order valence-corrected chi connectivity index (χ0v) is 13.6. The molecule has 0 aromatic heterocycles. The maximum atomic E-state index is 5.86. The standard InChI is InChI=1S/C16H26ClNO3/c1-19-11-12-21-14-13-20-10-9-18(8-7-17)15-16-5-3-2-4-6-16/h2-6H,7-15H2,1H3. The Labute approximate surface area is 132 Å². The summed E-state index contributed by atoms with van der Waals surface area (Å²) in [4.78, 5) is 2.30. The van der Waals surface area contributed by atoms with E-state index in [-0.39, 0.29) is 0 Å². The van der Waals surface area contributed by atoms with E-state index in [9.17, 15) is 0 Å². The second kappa shape index (κ2) is 13.0. The van der Waals surface area contributed by atoms with Crippen molar-refractivity contribution < 1.29 is 14.2 Å². The fraction of sp³-hybridized carbons (Fsp3) is 0.625. The van der Waals surface area contributed by atoms with Crippen molar-refractivity contribution in [1.29, 1.82) is 0 Å². The van der Waals surface area contributed by atoms with Gasteiger partial charge in [-0.15, -0.1) is 11.6 Å². The summed E-state index contributed by atoms with van der Waals surface area (Å²) in [5.41, 5.74) is 1.30. The molecule has 0 atom stereocenters. The highest BCUT2D eigenvalue weighted by molar-refractivity contribution is 6.18. The minimum absolute atomic E-state index is 0.609. The lowest BCUT2D eigenvalue weighted by Crippen LogP contribution is -2.29. The molecule has 1 aromatic rings. The molecule has 0 radical (unpaired) electrons. The van der Waals surface area contributed by atoms with Crippen LogP contribution in [0.5, 0.6) is 0 Å². The van der Waals surface area contributed by atoms with E-state index in [1.165, 1.54) is 5.56 Å². The second-order valence-electron chi connectivity index (χ2n) is 4.67. The fourth-order valence-corrected chi connectivity index (χ4v) is 2.13. The molecule has 120 valence electrons. The fourth-order valence-electron chi connectivity index (χ4n) is 1.89. The first-order valence-corrected chi connectivity index (χ1v) is 7.87. The Hall–Kier alpha value is -0.650. The van der Waals surface area contributed by atoms with Crippen LogP contribution in [-0.2, 0) is 20.8 Å². The topological polar surface area (TPSA) is 30.9 Å². The van der Waals surface area contributed by atoms with Crippen LogP contribution >= 0.6 is 11.6 Å². The van der Waals surface area contributed by atoms with Gasteiger partial charge in [-0.1, -0.05) is 30.3 Å². The lowest BCUT2D eigenvalue weighted by atomic mass is 10.2. The molecule has 0 amide bonds. The maximum absolute atomic E-state index is 5.86. The molecule has 0 aliphatic carbocycles. The third-order valence-corrected chi connectivity index (χ3v) is 3.17. The van der Waals surface area contributed by atoms with Gasteiger partial charge in [-0.05, 0) is 5.56 Å². The largest absolute Gasteiger partial charge is 0.382 e. The van der Waals surface area contributed by atoms with Gasteiger partial charge >= 0.3 is 0 Å². The normalized spacial score (nSPS) is 11.2. The maximum Gasteiger partial charge on any atom is 0.0701 e. The summed E-state index contributed by atoms with van der Waals surface area (Å²) < 4.78 is 15.8. The molecule has 0 spiro atoms. The van der Waals surface area contributed by atoms with Crippen LogP contribution in [0.4, 0.5) is 0 Å². The number of hydrogen-bond acceptors (Lipinski definition) is 4. The highest BCUT2D eigenvalue weighted by Gasteiger charge is 2.05. The molecule has 0 bridgehead atoms. The number of alkyl halides is 1. The number of methoxy groups -OCH3 is 1. The predicted molar refractivity (Wildman–Crippen MR) is 86.0 cm³/mol. The molecule has 1 aromatic carbocycles. The number of benzene rings is 1. The molecule has 0 aliphatic rings. The average molecular weight is 316 g/mol. The van der Waals surface area contributed by atoms with Crippen molar-refractivity contribution in [3.8, 4) is 0 Å². The SMILES string of the molecule is COCCOCCOCCN(CCCl)Cc1ccccc1. The Morgan fingerprint density at radius 3 is 2.24 bits per heavy atom. The lowest BCUT2D eigenvalue weighted by molar-refractivity contribution is 0.0194. The van der Waals surface area contributed by atoms with Crippen molar-refractivity contribution in [3.05, 3.63) is 35.9 Å². The van der Waals surface area contributed by atoms with Crippen LogP contribution in [-0.4, -0.2) is 64.0 Å². The molecule has 21 heavy (non-hydrogen) atoms. The number of halogens is 1. The molecule has 5 heteroatoms. The Kier molecular flexibility index (Phi) is 11.4. The number of nitrogens with zero attached hydrogens (tertiary/aromatic N) is 1. The van der Waals surface area contributed by atoms with Gasteiger partial charge in [0.15, 0.2) is 0 Å². The van der Waals surface area contributed by atoms with Crippen molar-refractivity contribution in [1.82, 2.24) is 4.90 Å². The van der Waals surface area contributed by atoms with Crippen LogP contribution in [0.2, 0.25) is 0 Å². The van der Waals surface area contributed by atoms with Crippen molar-refractivity contribution in [2.75, 3.05) is 59.1 Å². The molecule has 0 saturated carbocycles. The van der Waals surface area contributed by atoms with E-state index in [4.69, 9.17) is 25.8 Å². The van der Waals surface area contributed by atoms with Gasteiger partial charge in [0.25, 0.3) is 0 Å². The van der Waals surface area contributed by atoms with Crippen LogP contribution in [0.15, 0.2) is 30.3 Å². The molecule has 0 saturated heterocycles. The first kappa shape index (κ1) is 18.4. The first-order chi connectivity index (χ1) is 10.4. The zero-order chi connectivity index (χ0) is 15.2. The molecular weight excluding hydrogens is 290 g/mol. The van der Waals surface area contributed by atoms with Crippen molar-refractivity contribution in [3.63, 3.8) is 0 Å². The second-order valence-corrected chi connectivity index (χ2v) is 5.05. The van der Waals surface area contributed by atoms with E-state index >= 15 is 0 Å². The molecule has 0 unspecified atom stereocenters. The summed E-state index contributed by atoms with van der Waals surface area (Å²) in [6.07, 6.45) is 0. The highest BCUT2D eigenvalue weighted by Crippen LogP contribution is 2.04. The zero-order valence-electron chi connectivity index (χ0n) is 12.8. The third kappa shape index (κ3) is 9.82. The first-order valence-electron chi connectivity index (χ1n) is 7.33. The minimum Gasteiger partial charge on any atom is -0.382 e. The molecular formula is C16H26ClNO3. The Morgan fingerprint density at radius 1 is 0.905 bits per heavy atom. The van der Waals surface area contributed by atoms with E-state index in [0.29, 0.717) is 38.9 Å². The smallest absolute Gasteiger partial charge is 0.0701 e. The summed E-state index contributed by atoms with van der Waals surface area (Å²) in [6.45, 7) is 5.80. The van der Waals surface area contributed by atoms with Gasteiger partial charge in [0.2, 0.25) is 0 Å². The van der Waals surface area contributed by atoms with Gasteiger partial charge in [0.05, 0.1) is 33.0 Å². The van der Waals surface area contributed by atoms with E-state index in [2.05, 4.69) is 29.2 Å². The molecule has 0 aliphatic heterocycles. The molecule has 1 rings (SSSR count). The monoisotopic (exact) mass is 315 g/mol. The van der Waals surface area contributed by atoms with E-state index in [1.807, 2.05) is 6.07 Å². The summed E-state index contributed by atoms with van der Waals surface area (Å²) >= 11 is 5.86. The summed E-state index contributed by atoms with van der Waals surface area (Å²) in [5.74, 6) is 0.632. The van der Waals surface area contributed by atoms with Gasteiger partial charge in [0.1, 0.15) is 0 Å². The number of rotatable bonds is 13.